The van der Waals surface area contributed by atoms with Gasteiger partial charge in [-0.1, -0.05) is 0 Å². The average molecular weight is 343 g/mol. The molecule has 1 saturated heterocycles. The van der Waals surface area contributed by atoms with Gasteiger partial charge in [-0.2, -0.15) is 5.10 Å². The van der Waals surface area contributed by atoms with Crippen molar-refractivity contribution in [3.63, 3.8) is 0 Å². The van der Waals surface area contributed by atoms with E-state index in [1.54, 1.807) is 0 Å². The molecule has 0 spiro atoms. The molecular formula is C13H15ClN4O5. The van der Waals surface area contributed by atoms with Gasteiger partial charge in [-0.25, -0.2) is 0 Å². The van der Waals surface area contributed by atoms with Gasteiger partial charge in [-0.05, 0) is 18.9 Å². The van der Waals surface area contributed by atoms with Crippen LogP contribution in [0.5, 0.6) is 0 Å². The van der Waals surface area contributed by atoms with E-state index in [4.69, 9.17) is 16.3 Å². The van der Waals surface area contributed by atoms with Crippen molar-refractivity contribution >= 4 is 34.4 Å². The van der Waals surface area contributed by atoms with Gasteiger partial charge < -0.3 is 4.74 Å². The minimum Gasteiger partial charge on any atom is -0.372 e. The zero-order valence-corrected chi connectivity index (χ0v) is 12.9. The van der Waals surface area contributed by atoms with E-state index in [2.05, 4.69) is 10.5 Å². The SMILES string of the molecule is O=[N+]([O-])c1ccc(N/N=C2/CO[C@H](CCCCl)C2)c([N+](=O)[O-])c1. The highest BCUT2D eigenvalue weighted by atomic mass is 35.5. The molecule has 0 aromatic heterocycles. The second-order valence-electron chi connectivity index (χ2n) is 4.97. The van der Waals surface area contributed by atoms with Crippen LogP contribution in [0.4, 0.5) is 17.1 Å². The van der Waals surface area contributed by atoms with E-state index in [0.717, 1.165) is 24.6 Å². The van der Waals surface area contributed by atoms with Gasteiger partial charge in [0, 0.05) is 18.4 Å². The fourth-order valence-electron chi connectivity index (χ4n) is 2.18. The number of nitro benzene ring substituents is 2. The van der Waals surface area contributed by atoms with Crippen molar-refractivity contribution in [2.75, 3.05) is 17.9 Å². The Balaban J connectivity index is 2.07. The molecule has 0 amide bonds. The Morgan fingerprint density at radius 2 is 2.13 bits per heavy atom. The summed E-state index contributed by atoms with van der Waals surface area (Å²) in [5, 5.41) is 25.8. The van der Waals surface area contributed by atoms with E-state index in [1.807, 2.05) is 0 Å². The number of rotatable bonds is 7. The summed E-state index contributed by atoms with van der Waals surface area (Å²) < 4.78 is 5.53. The van der Waals surface area contributed by atoms with Crippen LogP contribution in [0.15, 0.2) is 23.3 Å². The number of nitrogens with one attached hydrogen (secondary N) is 1. The van der Waals surface area contributed by atoms with Crippen molar-refractivity contribution in [1.29, 1.82) is 0 Å². The molecule has 1 aromatic rings. The Kier molecular flexibility index (Phi) is 5.83. The number of ether oxygens (including phenoxy) is 1. The van der Waals surface area contributed by atoms with Gasteiger partial charge in [0.1, 0.15) is 5.69 Å². The van der Waals surface area contributed by atoms with Gasteiger partial charge >= 0.3 is 5.69 Å². The second kappa shape index (κ2) is 7.84. The van der Waals surface area contributed by atoms with Crippen LogP contribution < -0.4 is 5.43 Å². The molecule has 9 nitrogen and oxygen atoms in total. The standard InChI is InChI=1S/C13H15ClN4O5/c14-5-1-2-11-6-9(8-23-11)15-16-12-4-3-10(17(19)20)7-13(12)18(21)22/h3-4,7,11,16H,1-2,5-6,8H2/b15-9+/t11-/m1/s1. The first-order valence-electron chi connectivity index (χ1n) is 6.93. The maximum Gasteiger partial charge on any atom is 0.301 e. The minimum absolute atomic E-state index is 0.0566. The van der Waals surface area contributed by atoms with Crippen molar-refractivity contribution in [2.24, 2.45) is 5.10 Å². The van der Waals surface area contributed by atoms with Crippen LogP contribution >= 0.6 is 11.6 Å². The van der Waals surface area contributed by atoms with Crippen molar-refractivity contribution in [2.45, 2.75) is 25.4 Å². The lowest BCUT2D eigenvalue weighted by molar-refractivity contribution is -0.393. The van der Waals surface area contributed by atoms with Crippen molar-refractivity contribution in [1.82, 2.24) is 0 Å². The molecule has 1 aliphatic heterocycles. The molecule has 0 bridgehead atoms. The summed E-state index contributed by atoms with van der Waals surface area (Å²) in [6.45, 7) is 0.348. The molecule has 124 valence electrons. The van der Waals surface area contributed by atoms with E-state index in [9.17, 15) is 20.2 Å². The van der Waals surface area contributed by atoms with Gasteiger partial charge in [0.05, 0.1) is 34.3 Å². The topological polar surface area (TPSA) is 120 Å². The Bertz CT molecular complexity index is 637. The predicted molar refractivity (Wildman–Crippen MR) is 85.1 cm³/mol. The summed E-state index contributed by atoms with van der Waals surface area (Å²) >= 11 is 5.63. The molecule has 1 heterocycles. The van der Waals surface area contributed by atoms with Crippen LogP contribution in [0.3, 0.4) is 0 Å². The second-order valence-corrected chi connectivity index (χ2v) is 5.35. The monoisotopic (exact) mass is 342 g/mol. The van der Waals surface area contributed by atoms with Crippen LogP contribution in [0, 0.1) is 20.2 Å². The summed E-state index contributed by atoms with van der Waals surface area (Å²) in [6.07, 6.45) is 2.37. The molecule has 10 heteroatoms. The third-order valence-corrected chi connectivity index (χ3v) is 3.60. The van der Waals surface area contributed by atoms with E-state index in [1.165, 1.54) is 12.1 Å². The van der Waals surface area contributed by atoms with E-state index < -0.39 is 15.5 Å². The lowest BCUT2D eigenvalue weighted by Crippen LogP contribution is -2.05. The molecule has 0 aliphatic carbocycles. The number of nitro groups is 2. The van der Waals surface area contributed by atoms with Crippen molar-refractivity contribution < 1.29 is 14.6 Å². The van der Waals surface area contributed by atoms with Crippen LogP contribution in [0.1, 0.15) is 19.3 Å². The zero-order chi connectivity index (χ0) is 16.8. The van der Waals surface area contributed by atoms with Gasteiger partial charge in [-0.3, -0.25) is 25.7 Å². The highest BCUT2D eigenvalue weighted by molar-refractivity contribution is 6.17. The van der Waals surface area contributed by atoms with E-state index in [-0.39, 0.29) is 17.5 Å². The Morgan fingerprint density at radius 3 is 2.78 bits per heavy atom. The minimum atomic E-state index is -0.691. The molecule has 1 fully saturated rings. The first kappa shape index (κ1) is 17.1. The molecule has 0 unspecified atom stereocenters. The molecule has 23 heavy (non-hydrogen) atoms. The maximum atomic E-state index is 11.0. The fraction of sp³-hybridized carbons (Fsp3) is 0.462. The lowest BCUT2D eigenvalue weighted by atomic mass is 10.1. The number of non-ortho nitro benzene ring substituents is 1. The molecule has 1 aliphatic rings. The molecule has 1 atom stereocenters. The number of halogens is 1. The van der Waals surface area contributed by atoms with Crippen LogP contribution in [0.25, 0.3) is 0 Å². The summed E-state index contributed by atoms with van der Waals surface area (Å²) in [5.74, 6) is 0.569. The highest BCUT2D eigenvalue weighted by Gasteiger charge is 2.22. The highest BCUT2D eigenvalue weighted by Crippen LogP contribution is 2.29. The number of hydrogen-bond donors (Lipinski definition) is 1. The van der Waals surface area contributed by atoms with Gasteiger partial charge in [0.15, 0.2) is 0 Å². The third-order valence-electron chi connectivity index (χ3n) is 3.33. The Hall–Kier alpha value is -2.26. The summed E-state index contributed by atoms with van der Waals surface area (Å²) in [5.41, 5.74) is 2.68. The smallest absolute Gasteiger partial charge is 0.301 e. The Labute approximate surface area is 136 Å². The molecule has 2 rings (SSSR count). The quantitative estimate of drug-likeness (QED) is 0.462. The number of alkyl halides is 1. The Morgan fingerprint density at radius 1 is 1.35 bits per heavy atom. The largest absolute Gasteiger partial charge is 0.372 e. The number of hydrazone groups is 1. The van der Waals surface area contributed by atoms with Crippen LogP contribution in [-0.4, -0.2) is 34.1 Å². The van der Waals surface area contributed by atoms with Crippen LogP contribution in [-0.2, 0) is 4.74 Å². The molecule has 0 saturated carbocycles. The van der Waals surface area contributed by atoms with Gasteiger partial charge in [0.2, 0.25) is 0 Å². The molecule has 1 aromatic carbocycles. The molecule has 0 radical (unpaired) electrons. The summed E-state index contributed by atoms with van der Waals surface area (Å²) in [6, 6.07) is 3.35. The van der Waals surface area contributed by atoms with Crippen molar-refractivity contribution in [3.8, 4) is 0 Å². The first-order valence-corrected chi connectivity index (χ1v) is 7.46. The summed E-state index contributed by atoms with van der Waals surface area (Å²) in [7, 11) is 0. The number of benzene rings is 1. The van der Waals surface area contributed by atoms with Gasteiger partial charge in [0.25, 0.3) is 5.69 Å². The number of anilines is 1. The normalized spacial score (nSPS) is 19.0. The third kappa shape index (κ3) is 4.60. The van der Waals surface area contributed by atoms with Gasteiger partial charge in [-0.15, -0.1) is 11.6 Å². The van der Waals surface area contributed by atoms with Crippen LogP contribution in [0.2, 0.25) is 0 Å². The predicted octanol–water partition coefficient (Wildman–Crippen LogP) is 3.08. The average Bonchev–Trinajstić information content (AvgIpc) is 2.98. The zero-order valence-electron chi connectivity index (χ0n) is 12.1. The van der Waals surface area contributed by atoms with E-state index in [0.29, 0.717) is 18.9 Å². The fourth-order valence-corrected chi connectivity index (χ4v) is 2.34. The lowest BCUT2D eigenvalue weighted by Gasteiger charge is -2.05. The molecule has 1 N–H and O–H groups in total. The molecular weight excluding hydrogens is 328 g/mol. The number of nitrogens with zero attached hydrogens (tertiary/aromatic N) is 3. The van der Waals surface area contributed by atoms with Crippen molar-refractivity contribution in [3.05, 3.63) is 38.4 Å². The number of hydrogen-bond acceptors (Lipinski definition) is 7. The first-order chi connectivity index (χ1) is 11.0. The maximum absolute atomic E-state index is 11.0. The van der Waals surface area contributed by atoms with E-state index >= 15 is 0 Å². The summed E-state index contributed by atoms with van der Waals surface area (Å²) in [4.78, 5) is 20.3.